The van der Waals surface area contributed by atoms with E-state index in [1.807, 2.05) is 36.4 Å². The van der Waals surface area contributed by atoms with Crippen molar-refractivity contribution in [3.8, 4) is 0 Å². The summed E-state index contributed by atoms with van der Waals surface area (Å²) in [6.45, 7) is 0. The Morgan fingerprint density at radius 3 is 2.28 bits per heavy atom. The first kappa shape index (κ1) is 13.1. The molecule has 0 amide bonds. The van der Waals surface area contributed by atoms with Crippen LogP contribution in [0.3, 0.4) is 0 Å². The van der Waals surface area contributed by atoms with E-state index >= 15 is 0 Å². The molecule has 94 valence electrons. The van der Waals surface area contributed by atoms with Gasteiger partial charge in [-0.25, -0.2) is 0 Å². The molecule has 0 saturated heterocycles. The minimum atomic E-state index is 0.214. The molecule has 3 N–H and O–H groups in total. The maximum atomic E-state index is 5.98. The molecule has 18 heavy (non-hydrogen) atoms. The zero-order chi connectivity index (χ0) is 12.8. The summed E-state index contributed by atoms with van der Waals surface area (Å²) in [5.41, 5.74) is 5.35. The van der Waals surface area contributed by atoms with E-state index in [0.717, 1.165) is 17.9 Å². The molecule has 0 radical (unpaired) electrons. The molecule has 2 rings (SSSR count). The predicted molar refractivity (Wildman–Crippen MR) is 76.4 cm³/mol. The molecule has 0 saturated carbocycles. The van der Waals surface area contributed by atoms with Crippen molar-refractivity contribution in [2.24, 2.45) is 5.84 Å². The zero-order valence-corrected chi connectivity index (χ0v) is 10.9. The van der Waals surface area contributed by atoms with Gasteiger partial charge in [0.1, 0.15) is 0 Å². The van der Waals surface area contributed by atoms with E-state index in [0.29, 0.717) is 0 Å². The quantitative estimate of drug-likeness (QED) is 0.641. The normalized spacial score (nSPS) is 12.3. The molecule has 0 aliphatic carbocycles. The van der Waals surface area contributed by atoms with Crippen molar-refractivity contribution >= 4 is 11.6 Å². The molecule has 0 aliphatic heterocycles. The number of hydrogen-bond acceptors (Lipinski definition) is 2. The van der Waals surface area contributed by atoms with Gasteiger partial charge < -0.3 is 0 Å². The molecule has 2 aromatic carbocycles. The fourth-order valence-corrected chi connectivity index (χ4v) is 2.25. The third-order valence-corrected chi connectivity index (χ3v) is 3.17. The molecule has 0 bridgehead atoms. The van der Waals surface area contributed by atoms with Crippen LogP contribution in [0.5, 0.6) is 0 Å². The molecule has 0 spiro atoms. The highest BCUT2D eigenvalue weighted by Crippen LogP contribution is 2.13. The number of hydrogen-bond donors (Lipinski definition) is 2. The SMILES string of the molecule is NNC(Cc1ccccc1)Cc1cccc(Cl)c1. The van der Waals surface area contributed by atoms with Gasteiger partial charge in [0.15, 0.2) is 0 Å². The summed E-state index contributed by atoms with van der Waals surface area (Å²) in [7, 11) is 0. The van der Waals surface area contributed by atoms with Crippen molar-refractivity contribution in [2.75, 3.05) is 0 Å². The van der Waals surface area contributed by atoms with Gasteiger partial charge in [-0.05, 0) is 36.1 Å². The van der Waals surface area contributed by atoms with Crippen LogP contribution in [-0.4, -0.2) is 6.04 Å². The van der Waals surface area contributed by atoms with E-state index in [1.165, 1.54) is 11.1 Å². The molecule has 0 fully saturated rings. The fraction of sp³-hybridized carbons (Fsp3) is 0.200. The van der Waals surface area contributed by atoms with Gasteiger partial charge in [-0.1, -0.05) is 54.1 Å². The summed E-state index contributed by atoms with van der Waals surface area (Å²) in [6.07, 6.45) is 1.77. The van der Waals surface area contributed by atoms with Crippen LogP contribution in [0.2, 0.25) is 5.02 Å². The van der Waals surface area contributed by atoms with Gasteiger partial charge in [0.25, 0.3) is 0 Å². The lowest BCUT2D eigenvalue weighted by atomic mass is 9.99. The van der Waals surface area contributed by atoms with E-state index < -0.39 is 0 Å². The van der Waals surface area contributed by atoms with Crippen LogP contribution in [-0.2, 0) is 12.8 Å². The number of nitrogens with two attached hydrogens (primary N) is 1. The second-order valence-electron chi connectivity index (χ2n) is 4.39. The van der Waals surface area contributed by atoms with E-state index in [4.69, 9.17) is 17.4 Å². The molecule has 0 aromatic heterocycles. The summed E-state index contributed by atoms with van der Waals surface area (Å²) in [6, 6.07) is 18.4. The van der Waals surface area contributed by atoms with E-state index in [1.54, 1.807) is 0 Å². The van der Waals surface area contributed by atoms with Crippen LogP contribution in [0.25, 0.3) is 0 Å². The summed E-state index contributed by atoms with van der Waals surface area (Å²) in [5.74, 6) is 5.62. The highest BCUT2D eigenvalue weighted by atomic mass is 35.5. The van der Waals surface area contributed by atoms with Crippen molar-refractivity contribution in [2.45, 2.75) is 18.9 Å². The first-order valence-corrected chi connectivity index (χ1v) is 6.40. The maximum Gasteiger partial charge on any atom is 0.0408 e. The first-order valence-electron chi connectivity index (χ1n) is 6.02. The second kappa shape index (κ2) is 6.55. The third-order valence-electron chi connectivity index (χ3n) is 2.93. The molecule has 2 aromatic rings. The Kier molecular flexibility index (Phi) is 4.76. The third kappa shape index (κ3) is 3.84. The minimum Gasteiger partial charge on any atom is -0.271 e. The largest absolute Gasteiger partial charge is 0.271 e. The Morgan fingerprint density at radius 1 is 0.944 bits per heavy atom. The first-order chi connectivity index (χ1) is 8.78. The van der Waals surface area contributed by atoms with Crippen LogP contribution >= 0.6 is 11.6 Å². The predicted octanol–water partition coefficient (Wildman–Crippen LogP) is 2.96. The molecular formula is C15H17ClN2. The van der Waals surface area contributed by atoms with Gasteiger partial charge in [0, 0.05) is 11.1 Å². The molecule has 1 atom stereocenters. The lowest BCUT2D eigenvalue weighted by Crippen LogP contribution is -2.38. The van der Waals surface area contributed by atoms with Crippen LogP contribution in [0, 0.1) is 0 Å². The Bertz CT molecular complexity index is 485. The summed E-state index contributed by atoms with van der Waals surface area (Å²) < 4.78 is 0. The van der Waals surface area contributed by atoms with Gasteiger partial charge >= 0.3 is 0 Å². The number of rotatable bonds is 5. The standard InChI is InChI=1S/C15H17ClN2/c16-14-8-4-7-13(9-14)11-15(18-17)10-12-5-2-1-3-6-12/h1-9,15,18H,10-11,17H2. The van der Waals surface area contributed by atoms with Crippen LogP contribution in [0.1, 0.15) is 11.1 Å². The lowest BCUT2D eigenvalue weighted by Gasteiger charge is -2.16. The smallest absolute Gasteiger partial charge is 0.0408 e. The van der Waals surface area contributed by atoms with Crippen molar-refractivity contribution in [3.63, 3.8) is 0 Å². The number of nitrogens with one attached hydrogen (secondary N) is 1. The summed E-state index contributed by atoms with van der Waals surface area (Å²) >= 11 is 5.98. The highest BCUT2D eigenvalue weighted by Gasteiger charge is 2.08. The summed E-state index contributed by atoms with van der Waals surface area (Å²) in [5, 5.41) is 0.767. The van der Waals surface area contributed by atoms with Crippen molar-refractivity contribution in [1.82, 2.24) is 5.43 Å². The average Bonchev–Trinajstić information content (AvgIpc) is 2.39. The van der Waals surface area contributed by atoms with Crippen LogP contribution in [0.15, 0.2) is 54.6 Å². The second-order valence-corrected chi connectivity index (χ2v) is 4.82. The average molecular weight is 261 g/mol. The topological polar surface area (TPSA) is 38.0 Å². The fourth-order valence-electron chi connectivity index (χ4n) is 2.04. The molecule has 0 heterocycles. The molecule has 2 nitrogen and oxygen atoms in total. The van der Waals surface area contributed by atoms with E-state index in [9.17, 15) is 0 Å². The molecule has 0 aliphatic rings. The van der Waals surface area contributed by atoms with E-state index in [-0.39, 0.29) is 6.04 Å². The highest BCUT2D eigenvalue weighted by molar-refractivity contribution is 6.30. The molecule has 3 heteroatoms. The van der Waals surface area contributed by atoms with Crippen molar-refractivity contribution < 1.29 is 0 Å². The molecule has 1 unspecified atom stereocenters. The van der Waals surface area contributed by atoms with Gasteiger partial charge in [0.05, 0.1) is 0 Å². The zero-order valence-electron chi connectivity index (χ0n) is 10.1. The van der Waals surface area contributed by atoms with Gasteiger partial charge in [-0.3, -0.25) is 11.3 Å². The summed E-state index contributed by atoms with van der Waals surface area (Å²) in [4.78, 5) is 0. The van der Waals surface area contributed by atoms with E-state index in [2.05, 4.69) is 23.6 Å². The minimum absolute atomic E-state index is 0.214. The van der Waals surface area contributed by atoms with Gasteiger partial charge in [-0.2, -0.15) is 0 Å². The van der Waals surface area contributed by atoms with Crippen LogP contribution in [0.4, 0.5) is 0 Å². The number of hydrazine groups is 1. The maximum absolute atomic E-state index is 5.98. The Balaban J connectivity index is 2.01. The van der Waals surface area contributed by atoms with Crippen molar-refractivity contribution in [3.05, 3.63) is 70.7 Å². The Labute approximate surface area is 113 Å². The van der Waals surface area contributed by atoms with Gasteiger partial charge in [0.2, 0.25) is 0 Å². The number of benzene rings is 2. The lowest BCUT2D eigenvalue weighted by molar-refractivity contribution is 0.522. The monoisotopic (exact) mass is 260 g/mol. The molecular weight excluding hydrogens is 244 g/mol. The Morgan fingerprint density at radius 2 is 1.61 bits per heavy atom. The van der Waals surface area contributed by atoms with Gasteiger partial charge in [-0.15, -0.1) is 0 Å². The number of halogens is 1. The van der Waals surface area contributed by atoms with Crippen molar-refractivity contribution in [1.29, 1.82) is 0 Å². The Hall–Kier alpha value is -1.35. The van der Waals surface area contributed by atoms with Crippen LogP contribution < -0.4 is 11.3 Å².